The normalized spacial score (nSPS) is 17.9. The van der Waals surface area contributed by atoms with Crippen molar-refractivity contribution in [3.05, 3.63) is 87.1 Å². The highest BCUT2D eigenvalue weighted by molar-refractivity contribution is 9.11. The number of allylic oxidation sites excluding steroid dienone is 5. The van der Waals surface area contributed by atoms with Crippen molar-refractivity contribution in [2.24, 2.45) is 5.92 Å². The summed E-state index contributed by atoms with van der Waals surface area (Å²) in [6, 6.07) is 7.62. The zero-order chi connectivity index (χ0) is 23.9. The Kier molecular flexibility index (Phi) is 13.9. The lowest BCUT2D eigenvalue weighted by Gasteiger charge is -2.21. The van der Waals surface area contributed by atoms with Crippen molar-refractivity contribution < 1.29 is 9.53 Å². The maximum atomic E-state index is 13.3. The van der Waals surface area contributed by atoms with Crippen LogP contribution in [0.1, 0.15) is 46.1 Å². The van der Waals surface area contributed by atoms with Gasteiger partial charge in [0.1, 0.15) is 0 Å². The molecule has 1 N–H and O–H groups in total. The van der Waals surface area contributed by atoms with Crippen LogP contribution in [-0.4, -0.2) is 25.5 Å². The molecule has 0 spiro atoms. The van der Waals surface area contributed by atoms with Gasteiger partial charge in [-0.2, -0.15) is 0 Å². The van der Waals surface area contributed by atoms with Crippen molar-refractivity contribution >= 4 is 39.4 Å². The molecular formula is C27H35BrClNO2. The summed E-state index contributed by atoms with van der Waals surface area (Å²) in [4.78, 5) is 13.3. The highest BCUT2D eigenvalue weighted by Gasteiger charge is 2.30. The minimum Gasteiger partial charge on any atom is -0.381 e. The molecule has 0 aromatic heterocycles. The van der Waals surface area contributed by atoms with Gasteiger partial charge in [0.2, 0.25) is 0 Å². The van der Waals surface area contributed by atoms with Crippen LogP contribution in [0.5, 0.6) is 0 Å². The molecule has 0 saturated carbocycles. The second-order valence-electron chi connectivity index (χ2n) is 6.73. The monoisotopic (exact) mass is 519 g/mol. The number of halogens is 2. The van der Waals surface area contributed by atoms with Gasteiger partial charge in [-0.3, -0.25) is 4.79 Å². The number of carbonyl (C=O) groups excluding carboxylic acids is 1. The van der Waals surface area contributed by atoms with Gasteiger partial charge in [-0.15, -0.1) is 0 Å². The third kappa shape index (κ3) is 8.57. The predicted octanol–water partition coefficient (Wildman–Crippen LogP) is 7.65. The van der Waals surface area contributed by atoms with E-state index in [1.54, 1.807) is 6.08 Å². The third-order valence-corrected chi connectivity index (χ3v) is 5.69. The minimum absolute atomic E-state index is 0.0119. The van der Waals surface area contributed by atoms with E-state index in [9.17, 15) is 4.79 Å². The standard InChI is InChI=1S/C23H23BrClNO2.2C2H6/c1-2-19(24)7-6-18-15-26-21(10-5-16-3-8-20(25)9-4-16)22(18)23(27)17-11-13-28-14-12-17;2*1-2/h2-10,17,26H,1,11-15H2;2*1-2H3/b10-5+,18-6+,19-7+;;. The maximum absolute atomic E-state index is 13.3. The highest BCUT2D eigenvalue weighted by atomic mass is 79.9. The van der Waals surface area contributed by atoms with Gasteiger partial charge in [0, 0.05) is 46.5 Å². The topological polar surface area (TPSA) is 38.3 Å². The third-order valence-electron chi connectivity index (χ3n) is 4.85. The van der Waals surface area contributed by atoms with Crippen molar-refractivity contribution in [1.82, 2.24) is 5.32 Å². The van der Waals surface area contributed by atoms with Crippen LogP contribution in [-0.2, 0) is 9.53 Å². The first kappa shape index (κ1) is 28.2. The van der Waals surface area contributed by atoms with Crippen LogP contribution < -0.4 is 5.32 Å². The quantitative estimate of drug-likeness (QED) is 0.391. The molecule has 0 radical (unpaired) electrons. The van der Waals surface area contributed by atoms with E-state index in [0.717, 1.165) is 39.7 Å². The van der Waals surface area contributed by atoms with Gasteiger partial charge < -0.3 is 10.1 Å². The zero-order valence-corrected chi connectivity index (χ0v) is 21.9. The first-order valence-corrected chi connectivity index (χ1v) is 12.5. The molecule has 0 aliphatic carbocycles. The van der Waals surface area contributed by atoms with Crippen molar-refractivity contribution in [3.63, 3.8) is 0 Å². The number of rotatable bonds is 6. The number of Topliss-reactive ketones (excluding diaryl/α,β-unsaturated/α-hetero) is 1. The number of ether oxygens (including phenoxy) is 1. The van der Waals surface area contributed by atoms with E-state index < -0.39 is 0 Å². The molecule has 1 saturated heterocycles. The van der Waals surface area contributed by atoms with Gasteiger partial charge >= 0.3 is 0 Å². The van der Waals surface area contributed by atoms with Crippen LogP contribution in [0.2, 0.25) is 5.02 Å². The Morgan fingerprint density at radius 1 is 1.12 bits per heavy atom. The summed E-state index contributed by atoms with van der Waals surface area (Å²) in [7, 11) is 0. The highest BCUT2D eigenvalue weighted by Crippen LogP contribution is 2.29. The minimum atomic E-state index is 0.0119. The Morgan fingerprint density at radius 3 is 2.34 bits per heavy atom. The van der Waals surface area contributed by atoms with Gasteiger partial charge in [-0.25, -0.2) is 0 Å². The summed E-state index contributed by atoms with van der Waals surface area (Å²) in [6.45, 7) is 13.7. The van der Waals surface area contributed by atoms with Gasteiger partial charge in [0.25, 0.3) is 0 Å². The fraction of sp³-hybridized carbons (Fsp3) is 0.370. The van der Waals surface area contributed by atoms with Crippen LogP contribution in [0.3, 0.4) is 0 Å². The van der Waals surface area contributed by atoms with Crippen LogP contribution in [0, 0.1) is 5.92 Å². The number of benzene rings is 1. The Balaban J connectivity index is 0.00000121. The summed E-state index contributed by atoms with van der Waals surface area (Å²) < 4.78 is 6.30. The fourth-order valence-electron chi connectivity index (χ4n) is 3.28. The number of nitrogens with one attached hydrogen (secondary N) is 1. The molecule has 1 fully saturated rings. The molecule has 2 heterocycles. The van der Waals surface area contributed by atoms with E-state index in [0.29, 0.717) is 24.8 Å². The molecule has 0 bridgehead atoms. The molecule has 2 aliphatic heterocycles. The summed E-state index contributed by atoms with van der Waals surface area (Å²) in [5.74, 6) is 0.205. The largest absolute Gasteiger partial charge is 0.381 e. The van der Waals surface area contributed by atoms with E-state index in [2.05, 4.69) is 27.8 Å². The van der Waals surface area contributed by atoms with E-state index in [-0.39, 0.29) is 11.7 Å². The summed E-state index contributed by atoms with van der Waals surface area (Å²) in [6.07, 6.45) is 11.1. The first-order chi connectivity index (χ1) is 15.6. The fourth-order valence-corrected chi connectivity index (χ4v) is 3.54. The lowest BCUT2D eigenvalue weighted by atomic mass is 9.87. The Morgan fingerprint density at radius 2 is 1.75 bits per heavy atom. The number of ketones is 1. The molecule has 3 nitrogen and oxygen atoms in total. The number of hydrogen-bond acceptors (Lipinski definition) is 3. The number of carbonyl (C=O) groups is 1. The summed E-state index contributed by atoms with van der Waals surface area (Å²) in [5, 5.41) is 4.08. The average molecular weight is 521 g/mol. The first-order valence-electron chi connectivity index (χ1n) is 11.3. The Hall–Kier alpha value is -1.88. The van der Waals surface area contributed by atoms with Crippen LogP contribution >= 0.6 is 27.5 Å². The Labute approximate surface area is 207 Å². The van der Waals surface area contributed by atoms with Gasteiger partial charge in [0.05, 0.1) is 0 Å². The predicted molar refractivity (Wildman–Crippen MR) is 142 cm³/mol. The van der Waals surface area contributed by atoms with Gasteiger partial charge in [-0.1, -0.05) is 92.2 Å². The molecule has 3 rings (SSSR count). The molecule has 0 atom stereocenters. The van der Waals surface area contributed by atoms with E-state index in [4.69, 9.17) is 16.3 Å². The van der Waals surface area contributed by atoms with E-state index in [1.165, 1.54) is 0 Å². The maximum Gasteiger partial charge on any atom is 0.168 e. The summed E-state index contributed by atoms with van der Waals surface area (Å²) in [5.41, 5.74) is 3.66. The summed E-state index contributed by atoms with van der Waals surface area (Å²) >= 11 is 9.39. The van der Waals surface area contributed by atoms with Crippen LogP contribution in [0.15, 0.2) is 76.5 Å². The molecule has 0 unspecified atom stereocenters. The molecule has 0 amide bonds. The number of hydrogen-bond donors (Lipinski definition) is 1. The molecule has 2 aliphatic rings. The molecule has 1 aromatic rings. The Bertz CT molecular complexity index is 860. The average Bonchev–Trinajstić information content (AvgIpc) is 3.27. The van der Waals surface area contributed by atoms with E-state index >= 15 is 0 Å². The van der Waals surface area contributed by atoms with Crippen LogP contribution in [0.4, 0.5) is 0 Å². The van der Waals surface area contributed by atoms with Crippen molar-refractivity contribution in [2.75, 3.05) is 19.8 Å². The zero-order valence-electron chi connectivity index (χ0n) is 19.6. The molecule has 32 heavy (non-hydrogen) atoms. The lowest BCUT2D eigenvalue weighted by Crippen LogP contribution is -2.25. The second-order valence-corrected chi connectivity index (χ2v) is 8.08. The molecule has 1 aromatic carbocycles. The van der Waals surface area contributed by atoms with Gasteiger partial charge in [0.15, 0.2) is 5.78 Å². The van der Waals surface area contributed by atoms with Crippen molar-refractivity contribution in [1.29, 1.82) is 0 Å². The lowest BCUT2D eigenvalue weighted by molar-refractivity contribution is -0.121. The second kappa shape index (κ2) is 15.8. The van der Waals surface area contributed by atoms with Crippen molar-refractivity contribution in [2.45, 2.75) is 40.5 Å². The van der Waals surface area contributed by atoms with Gasteiger partial charge in [-0.05, 0) is 48.3 Å². The van der Waals surface area contributed by atoms with E-state index in [1.807, 2.05) is 76.3 Å². The molecular weight excluding hydrogens is 486 g/mol. The van der Waals surface area contributed by atoms with Crippen molar-refractivity contribution in [3.8, 4) is 0 Å². The smallest absolute Gasteiger partial charge is 0.168 e. The molecule has 5 heteroatoms. The molecule has 174 valence electrons. The SMILES string of the molecule is C=C/C(Br)=C\C=C1/CNC(/C=C/c2ccc(Cl)cc2)=C1C(=O)C1CCOCC1.CC.CC. The van der Waals surface area contributed by atoms with Crippen LogP contribution in [0.25, 0.3) is 6.08 Å².